The lowest BCUT2D eigenvalue weighted by Gasteiger charge is -2.45. The molecule has 0 spiro atoms. The Bertz CT molecular complexity index is 738. The monoisotopic (exact) mass is 374 g/mol. The molecule has 2 aromatic heterocycles. The number of carbonyl (C=O) groups is 1. The zero-order chi connectivity index (χ0) is 19.4. The molecule has 0 radical (unpaired) electrons. The Hall–Kier alpha value is -2.29. The van der Waals surface area contributed by atoms with Crippen molar-refractivity contribution in [2.24, 2.45) is 5.92 Å². The molecule has 27 heavy (non-hydrogen) atoms. The first-order valence-electron chi connectivity index (χ1n) is 9.61. The molecule has 9 nitrogen and oxygen atoms in total. The smallest absolute Gasteiger partial charge is 0.244 e. The first-order valence-corrected chi connectivity index (χ1v) is 9.61. The van der Waals surface area contributed by atoms with E-state index >= 15 is 0 Å². The number of hydrogen-bond donors (Lipinski definition) is 0. The normalized spacial score (nSPS) is 20.6. The van der Waals surface area contributed by atoms with Crippen LogP contribution in [-0.4, -0.2) is 72.9 Å². The molecule has 1 aliphatic rings. The molecule has 1 unspecified atom stereocenters. The number of piperidine rings is 1. The SMILES string of the molecule is CC(C)CCn1nnnc1C1(N(C)C)CCCN(C(=O)Cn2cccn2)C1. The van der Waals surface area contributed by atoms with Gasteiger partial charge in [-0.1, -0.05) is 13.8 Å². The number of aromatic nitrogens is 6. The molecule has 148 valence electrons. The van der Waals surface area contributed by atoms with Crippen LogP contribution in [-0.2, 0) is 23.4 Å². The minimum absolute atomic E-state index is 0.0748. The second kappa shape index (κ2) is 8.16. The third kappa shape index (κ3) is 4.18. The number of rotatable bonds is 7. The second-order valence-electron chi connectivity index (χ2n) is 7.96. The average molecular weight is 374 g/mol. The van der Waals surface area contributed by atoms with Crippen molar-refractivity contribution in [1.82, 2.24) is 39.8 Å². The molecule has 0 saturated carbocycles. The quantitative estimate of drug-likeness (QED) is 0.719. The fraction of sp³-hybridized carbons (Fsp3) is 0.722. The van der Waals surface area contributed by atoms with E-state index in [1.165, 1.54) is 0 Å². The summed E-state index contributed by atoms with van der Waals surface area (Å²) in [6, 6.07) is 1.83. The predicted octanol–water partition coefficient (Wildman–Crippen LogP) is 0.995. The van der Waals surface area contributed by atoms with E-state index in [0.29, 0.717) is 12.5 Å². The molecule has 0 aliphatic carbocycles. The Morgan fingerprint density at radius 1 is 1.37 bits per heavy atom. The van der Waals surface area contributed by atoms with Gasteiger partial charge in [0.15, 0.2) is 5.82 Å². The van der Waals surface area contributed by atoms with Gasteiger partial charge in [-0.2, -0.15) is 5.10 Å². The average Bonchev–Trinajstić information content (AvgIpc) is 3.31. The van der Waals surface area contributed by atoms with E-state index in [9.17, 15) is 4.79 Å². The summed E-state index contributed by atoms with van der Waals surface area (Å²) in [6.07, 6.45) is 6.36. The first kappa shape index (κ1) is 19.5. The minimum Gasteiger partial charge on any atom is -0.339 e. The standard InChI is InChI=1S/C18H30N8O/c1-15(2)7-12-26-17(20-21-22-26)18(23(3)4)8-5-10-24(14-18)16(27)13-25-11-6-9-19-25/h6,9,11,15H,5,7-8,10,12-14H2,1-4H3. The molecule has 3 rings (SSSR count). The van der Waals surface area contributed by atoms with Gasteiger partial charge in [0.05, 0.1) is 0 Å². The van der Waals surface area contributed by atoms with E-state index in [4.69, 9.17) is 0 Å². The van der Waals surface area contributed by atoms with Crippen LogP contribution in [0.15, 0.2) is 18.5 Å². The van der Waals surface area contributed by atoms with Gasteiger partial charge in [-0.15, -0.1) is 5.10 Å². The lowest BCUT2D eigenvalue weighted by Crippen LogP contribution is -2.57. The predicted molar refractivity (Wildman–Crippen MR) is 101 cm³/mol. The Labute approximate surface area is 160 Å². The lowest BCUT2D eigenvalue weighted by molar-refractivity contribution is -0.136. The molecule has 2 aromatic rings. The van der Waals surface area contributed by atoms with Crippen molar-refractivity contribution >= 4 is 5.91 Å². The van der Waals surface area contributed by atoms with Crippen LogP contribution in [0.1, 0.15) is 38.9 Å². The molecule has 0 bridgehead atoms. The van der Waals surface area contributed by atoms with Crippen LogP contribution < -0.4 is 0 Å². The highest BCUT2D eigenvalue weighted by atomic mass is 16.2. The molecule has 1 fully saturated rings. The van der Waals surface area contributed by atoms with Gasteiger partial charge in [0.25, 0.3) is 0 Å². The molecule has 9 heteroatoms. The third-order valence-corrected chi connectivity index (χ3v) is 5.40. The van der Waals surface area contributed by atoms with Crippen molar-refractivity contribution in [2.75, 3.05) is 27.2 Å². The zero-order valence-corrected chi connectivity index (χ0v) is 16.7. The molecule has 1 saturated heterocycles. The van der Waals surface area contributed by atoms with Crippen molar-refractivity contribution in [3.8, 4) is 0 Å². The van der Waals surface area contributed by atoms with Gasteiger partial charge < -0.3 is 4.90 Å². The van der Waals surface area contributed by atoms with Gasteiger partial charge >= 0.3 is 0 Å². The minimum atomic E-state index is -0.376. The van der Waals surface area contributed by atoms with Crippen molar-refractivity contribution in [2.45, 2.75) is 51.7 Å². The van der Waals surface area contributed by atoms with Gasteiger partial charge in [-0.05, 0) is 55.8 Å². The summed E-state index contributed by atoms with van der Waals surface area (Å²) in [5, 5.41) is 16.7. The number of hydrogen-bond acceptors (Lipinski definition) is 6. The van der Waals surface area contributed by atoms with Crippen LogP contribution >= 0.6 is 0 Å². The molecule has 1 aliphatic heterocycles. The lowest BCUT2D eigenvalue weighted by atomic mass is 9.86. The summed E-state index contributed by atoms with van der Waals surface area (Å²) in [5.41, 5.74) is -0.376. The van der Waals surface area contributed by atoms with Gasteiger partial charge in [0.1, 0.15) is 12.1 Å². The molecular formula is C18H30N8O. The molecular weight excluding hydrogens is 344 g/mol. The zero-order valence-electron chi connectivity index (χ0n) is 16.7. The summed E-state index contributed by atoms with van der Waals surface area (Å²) in [6.45, 7) is 6.78. The number of likely N-dealkylation sites (N-methyl/N-ethyl adjacent to an activating group) is 1. The summed E-state index contributed by atoms with van der Waals surface area (Å²) >= 11 is 0. The summed E-state index contributed by atoms with van der Waals surface area (Å²) in [7, 11) is 4.09. The number of likely N-dealkylation sites (tertiary alicyclic amines) is 1. The summed E-state index contributed by atoms with van der Waals surface area (Å²) < 4.78 is 3.59. The van der Waals surface area contributed by atoms with E-state index in [-0.39, 0.29) is 18.0 Å². The molecule has 0 N–H and O–H groups in total. The summed E-state index contributed by atoms with van der Waals surface area (Å²) in [4.78, 5) is 16.9. The summed E-state index contributed by atoms with van der Waals surface area (Å²) in [5.74, 6) is 1.51. The highest BCUT2D eigenvalue weighted by Gasteiger charge is 2.44. The third-order valence-electron chi connectivity index (χ3n) is 5.40. The van der Waals surface area contributed by atoms with E-state index < -0.39 is 0 Å². The number of tetrazole rings is 1. The largest absolute Gasteiger partial charge is 0.339 e. The molecule has 1 atom stereocenters. The maximum atomic E-state index is 12.8. The Morgan fingerprint density at radius 3 is 2.85 bits per heavy atom. The maximum Gasteiger partial charge on any atom is 0.244 e. The number of nitrogens with zero attached hydrogens (tertiary/aromatic N) is 8. The van der Waals surface area contributed by atoms with Crippen molar-refractivity contribution in [3.63, 3.8) is 0 Å². The topological polar surface area (TPSA) is 85.0 Å². The second-order valence-corrected chi connectivity index (χ2v) is 7.96. The van der Waals surface area contributed by atoms with Crippen LogP contribution in [0.2, 0.25) is 0 Å². The van der Waals surface area contributed by atoms with Crippen LogP contribution in [0.3, 0.4) is 0 Å². The first-order chi connectivity index (χ1) is 12.9. The highest BCUT2D eigenvalue weighted by Crippen LogP contribution is 2.34. The van der Waals surface area contributed by atoms with Gasteiger partial charge in [0, 0.05) is 32.0 Å². The molecule has 3 heterocycles. The van der Waals surface area contributed by atoms with Crippen LogP contribution in [0.4, 0.5) is 0 Å². The van der Waals surface area contributed by atoms with Gasteiger partial charge in [-0.3, -0.25) is 14.4 Å². The van der Waals surface area contributed by atoms with E-state index in [0.717, 1.165) is 38.2 Å². The van der Waals surface area contributed by atoms with Crippen LogP contribution in [0.5, 0.6) is 0 Å². The maximum absolute atomic E-state index is 12.8. The van der Waals surface area contributed by atoms with Crippen molar-refractivity contribution in [3.05, 3.63) is 24.3 Å². The van der Waals surface area contributed by atoms with Gasteiger partial charge in [0.2, 0.25) is 5.91 Å². The Morgan fingerprint density at radius 2 is 2.19 bits per heavy atom. The van der Waals surface area contributed by atoms with Crippen molar-refractivity contribution < 1.29 is 4.79 Å². The fourth-order valence-electron chi connectivity index (χ4n) is 3.70. The van der Waals surface area contributed by atoms with Crippen LogP contribution in [0.25, 0.3) is 0 Å². The van der Waals surface area contributed by atoms with E-state index in [1.54, 1.807) is 10.9 Å². The van der Waals surface area contributed by atoms with Gasteiger partial charge in [-0.25, -0.2) is 4.68 Å². The number of carbonyl (C=O) groups excluding carboxylic acids is 1. The van der Waals surface area contributed by atoms with Crippen LogP contribution in [0, 0.1) is 5.92 Å². The van der Waals surface area contributed by atoms with E-state index in [1.807, 2.05) is 35.9 Å². The molecule has 1 amide bonds. The number of amides is 1. The number of aryl methyl sites for hydroxylation is 1. The Kier molecular flexibility index (Phi) is 5.88. The highest BCUT2D eigenvalue weighted by molar-refractivity contribution is 5.76. The molecule has 0 aromatic carbocycles. The van der Waals surface area contributed by atoms with E-state index in [2.05, 4.69) is 39.4 Å². The van der Waals surface area contributed by atoms with Crippen molar-refractivity contribution in [1.29, 1.82) is 0 Å². The fourth-order valence-corrected chi connectivity index (χ4v) is 3.70. The Balaban J connectivity index is 1.82.